The van der Waals surface area contributed by atoms with Crippen LogP contribution in [0.25, 0.3) is 5.52 Å². The van der Waals surface area contributed by atoms with Crippen molar-refractivity contribution >= 4 is 23.3 Å². The molecular weight excluding hydrogens is 406 g/mol. The molecule has 4 atom stereocenters. The Morgan fingerprint density at radius 2 is 2.16 bits per heavy atom. The number of nitrogen functional groups attached to an aromatic ring is 1. The van der Waals surface area contributed by atoms with Crippen molar-refractivity contribution in [2.45, 2.75) is 57.5 Å². The molecule has 11 heteroatoms. The summed E-state index contributed by atoms with van der Waals surface area (Å²) < 4.78 is 17.9. The standard InChI is InChI=1S/C20H25N5O6/c1-4-15(26)30-17-13(8-29-16(27)7-11(2)3)31-20(9-21,18(17)28)14-6-5-12-19(22)23-10-24-25(12)14/h5-6,10-11,13,17-18,28H,4,7-8H2,1-3H3,(H2,22,23,24)/t13-,17-,18-,20+/m1/s1. The minimum Gasteiger partial charge on any atom is -0.463 e. The highest BCUT2D eigenvalue weighted by molar-refractivity contribution is 5.70. The fourth-order valence-corrected chi connectivity index (χ4v) is 3.48. The van der Waals surface area contributed by atoms with Crippen LogP contribution in [0, 0.1) is 17.2 Å². The van der Waals surface area contributed by atoms with E-state index < -0.39 is 35.9 Å². The molecule has 3 rings (SSSR count). The number of aliphatic hydroxyl groups excluding tert-OH is 1. The highest BCUT2D eigenvalue weighted by Crippen LogP contribution is 2.41. The number of rotatable bonds is 7. The van der Waals surface area contributed by atoms with Gasteiger partial charge in [0.05, 0.1) is 5.69 Å². The zero-order valence-electron chi connectivity index (χ0n) is 17.5. The lowest BCUT2D eigenvalue weighted by Gasteiger charge is -2.24. The van der Waals surface area contributed by atoms with E-state index in [0.717, 1.165) is 0 Å². The third kappa shape index (κ3) is 4.17. The number of esters is 2. The van der Waals surface area contributed by atoms with Crippen LogP contribution in [0.15, 0.2) is 18.5 Å². The molecule has 1 aliphatic rings. The summed E-state index contributed by atoms with van der Waals surface area (Å²) in [5.74, 6) is -0.787. The molecule has 0 aliphatic carbocycles. The van der Waals surface area contributed by atoms with Gasteiger partial charge in [-0.15, -0.1) is 0 Å². The van der Waals surface area contributed by atoms with Crippen LogP contribution >= 0.6 is 0 Å². The number of nitrogens with two attached hydrogens (primary N) is 1. The Hall–Kier alpha value is -3.23. The first-order valence-corrected chi connectivity index (χ1v) is 9.94. The second-order valence-electron chi connectivity index (χ2n) is 7.70. The molecule has 0 amide bonds. The highest BCUT2D eigenvalue weighted by Gasteiger charge is 2.60. The van der Waals surface area contributed by atoms with E-state index in [1.54, 1.807) is 13.0 Å². The molecule has 31 heavy (non-hydrogen) atoms. The Morgan fingerprint density at radius 3 is 2.81 bits per heavy atom. The number of nitriles is 1. The van der Waals surface area contributed by atoms with Gasteiger partial charge in [0.15, 0.2) is 11.9 Å². The maximum absolute atomic E-state index is 12.0. The first-order chi connectivity index (χ1) is 14.7. The first kappa shape index (κ1) is 22.5. The van der Waals surface area contributed by atoms with Gasteiger partial charge in [0.2, 0.25) is 5.60 Å². The lowest BCUT2D eigenvalue weighted by Crippen LogP contribution is -2.43. The van der Waals surface area contributed by atoms with Crippen LogP contribution in [-0.2, 0) is 29.4 Å². The fraction of sp³-hybridized carbons (Fsp3) is 0.550. The Balaban J connectivity index is 1.97. The maximum Gasteiger partial charge on any atom is 0.306 e. The monoisotopic (exact) mass is 431 g/mol. The van der Waals surface area contributed by atoms with E-state index in [1.165, 1.54) is 16.9 Å². The van der Waals surface area contributed by atoms with Crippen molar-refractivity contribution in [2.75, 3.05) is 12.3 Å². The van der Waals surface area contributed by atoms with Crippen molar-refractivity contribution < 1.29 is 28.9 Å². The van der Waals surface area contributed by atoms with Crippen molar-refractivity contribution in [1.29, 1.82) is 5.26 Å². The van der Waals surface area contributed by atoms with Gasteiger partial charge in [0, 0.05) is 12.8 Å². The third-order valence-electron chi connectivity index (χ3n) is 5.00. The van der Waals surface area contributed by atoms with Crippen LogP contribution in [0.3, 0.4) is 0 Å². The van der Waals surface area contributed by atoms with Crippen molar-refractivity contribution in [2.24, 2.45) is 5.92 Å². The normalized spacial score (nSPS) is 25.5. The Kier molecular flexibility index (Phi) is 6.42. The summed E-state index contributed by atoms with van der Waals surface area (Å²) in [5, 5.41) is 25.2. The van der Waals surface area contributed by atoms with Crippen molar-refractivity contribution in [3.8, 4) is 6.07 Å². The number of ether oxygens (including phenoxy) is 3. The summed E-state index contributed by atoms with van der Waals surface area (Å²) in [5.41, 5.74) is 4.51. The van der Waals surface area contributed by atoms with Crippen LogP contribution in [0.4, 0.5) is 5.82 Å². The van der Waals surface area contributed by atoms with Crippen LogP contribution in [0.1, 0.15) is 39.3 Å². The van der Waals surface area contributed by atoms with E-state index in [2.05, 4.69) is 10.1 Å². The minimum absolute atomic E-state index is 0.0560. The van der Waals surface area contributed by atoms with E-state index >= 15 is 0 Å². The van der Waals surface area contributed by atoms with Crippen LogP contribution in [0.2, 0.25) is 0 Å². The summed E-state index contributed by atoms with van der Waals surface area (Å²) in [4.78, 5) is 27.9. The topological polar surface area (TPSA) is 162 Å². The largest absolute Gasteiger partial charge is 0.463 e. The number of carbonyl (C=O) groups is 2. The molecule has 3 N–H and O–H groups in total. The van der Waals surface area contributed by atoms with Gasteiger partial charge in [0.25, 0.3) is 0 Å². The fourth-order valence-electron chi connectivity index (χ4n) is 3.48. The lowest BCUT2D eigenvalue weighted by atomic mass is 9.92. The zero-order valence-corrected chi connectivity index (χ0v) is 17.5. The van der Waals surface area contributed by atoms with E-state index in [4.69, 9.17) is 19.9 Å². The van der Waals surface area contributed by atoms with Gasteiger partial charge in [0.1, 0.15) is 36.7 Å². The number of carbonyl (C=O) groups excluding carboxylic acids is 2. The predicted molar refractivity (Wildman–Crippen MR) is 106 cm³/mol. The van der Waals surface area contributed by atoms with Gasteiger partial charge in [-0.05, 0) is 18.1 Å². The van der Waals surface area contributed by atoms with Gasteiger partial charge in [-0.3, -0.25) is 9.59 Å². The number of aliphatic hydroxyl groups is 1. The van der Waals surface area contributed by atoms with E-state index in [0.29, 0.717) is 5.52 Å². The summed E-state index contributed by atoms with van der Waals surface area (Å²) in [7, 11) is 0. The lowest BCUT2D eigenvalue weighted by molar-refractivity contribution is -0.160. The summed E-state index contributed by atoms with van der Waals surface area (Å²) in [6.45, 7) is 5.04. The second kappa shape index (κ2) is 8.87. The summed E-state index contributed by atoms with van der Waals surface area (Å²) >= 11 is 0. The molecule has 0 spiro atoms. The van der Waals surface area contributed by atoms with E-state index in [1.807, 2.05) is 19.9 Å². The number of hydrogen-bond donors (Lipinski definition) is 2. The van der Waals surface area contributed by atoms with Crippen LogP contribution in [-0.4, -0.2) is 56.6 Å². The SMILES string of the molecule is CCC(=O)O[C@H]1[C@@H](O)[C@](C#N)(c2ccc3c(N)ncnn23)O[C@@H]1COC(=O)CC(C)C. The number of nitrogens with zero attached hydrogens (tertiary/aromatic N) is 4. The molecule has 0 aromatic carbocycles. The number of anilines is 1. The van der Waals surface area contributed by atoms with Gasteiger partial charge in [-0.1, -0.05) is 20.8 Å². The molecule has 0 bridgehead atoms. The molecule has 2 aromatic rings. The molecule has 1 aliphatic heterocycles. The molecule has 2 aromatic heterocycles. The molecule has 1 saturated heterocycles. The summed E-state index contributed by atoms with van der Waals surface area (Å²) in [6.07, 6.45) is -2.42. The number of hydrogen-bond acceptors (Lipinski definition) is 10. The number of fused-ring (bicyclic) bond motifs is 1. The average Bonchev–Trinajstić information content (AvgIpc) is 3.27. The molecule has 3 heterocycles. The highest BCUT2D eigenvalue weighted by atomic mass is 16.6. The molecule has 1 fully saturated rings. The van der Waals surface area contributed by atoms with E-state index in [9.17, 15) is 20.0 Å². The summed E-state index contributed by atoms with van der Waals surface area (Å²) in [6, 6.07) is 5.10. The van der Waals surface area contributed by atoms with E-state index in [-0.39, 0.29) is 36.9 Å². The number of aromatic nitrogens is 3. The second-order valence-corrected chi connectivity index (χ2v) is 7.70. The maximum atomic E-state index is 12.0. The average molecular weight is 431 g/mol. The zero-order chi connectivity index (χ0) is 22.8. The molecule has 11 nitrogen and oxygen atoms in total. The van der Waals surface area contributed by atoms with Crippen molar-refractivity contribution in [3.05, 3.63) is 24.2 Å². The molecule has 0 saturated carbocycles. The van der Waals surface area contributed by atoms with Crippen molar-refractivity contribution in [3.63, 3.8) is 0 Å². The molecule has 166 valence electrons. The first-order valence-electron chi connectivity index (χ1n) is 9.94. The van der Waals surface area contributed by atoms with Gasteiger partial charge in [-0.25, -0.2) is 9.50 Å². The molecular formula is C20H25N5O6. The van der Waals surface area contributed by atoms with Crippen LogP contribution in [0.5, 0.6) is 0 Å². The molecule has 0 radical (unpaired) electrons. The Labute approximate surface area is 178 Å². The smallest absolute Gasteiger partial charge is 0.306 e. The third-order valence-corrected chi connectivity index (χ3v) is 5.00. The van der Waals surface area contributed by atoms with Crippen LogP contribution < -0.4 is 5.73 Å². The van der Waals surface area contributed by atoms with Gasteiger partial charge < -0.3 is 25.1 Å². The Bertz CT molecular complexity index is 1020. The Morgan fingerprint density at radius 1 is 1.42 bits per heavy atom. The quantitative estimate of drug-likeness (QED) is 0.597. The minimum atomic E-state index is -1.94. The van der Waals surface area contributed by atoms with Gasteiger partial charge >= 0.3 is 11.9 Å². The van der Waals surface area contributed by atoms with Gasteiger partial charge in [-0.2, -0.15) is 10.4 Å². The molecule has 0 unspecified atom stereocenters. The predicted octanol–water partition coefficient (Wildman–Crippen LogP) is 0.701. The van der Waals surface area contributed by atoms with Crippen molar-refractivity contribution in [1.82, 2.24) is 14.6 Å².